The Balaban J connectivity index is 0.000000115. The molecule has 1 aromatic heterocycles. The van der Waals surface area contributed by atoms with Gasteiger partial charge in [-0.3, -0.25) is 4.79 Å². The van der Waals surface area contributed by atoms with Gasteiger partial charge in [0.1, 0.15) is 0 Å². The summed E-state index contributed by atoms with van der Waals surface area (Å²) in [4.78, 5) is 10.7. The molecule has 2 aromatic carbocycles. The Morgan fingerprint density at radius 1 is 0.794 bits per heavy atom. The molecule has 1 unspecified atom stereocenters. The van der Waals surface area contributed by atoms with Gasteiger partial charge < -0.3 is 9.88 Å². The molecule has 3 nitrogen and oxygen atoms in total. The molecule has 0 radical (unpaired) electrons. The molecular formula is C30H37ClN2O. The van der Waals surface area contributed by atoms with Crippen LogP contribution in [-0.4, -0.2) is 22.3 Å². The highest BCUT2D eigenvalue weighted by Crippen LogP contribution is 2.36. The van der Waals surface area contributed by atoms with Crippen LogP contribution in [0, 0.1) is 0 Å². The van der Waals surface area contributed by atoms with E-state index < -0.39 is 0 Å². The molecule has 3 aromatic rings. The highest BCUT2D eigenvalue weighted by Gasteiger charge is 2.23. The minimum atomic E-state index is -0.163. The first-order chi connectivity index (χ1) is 16.7. The number of nitrogens with one attached hydrogen (secondary N) is 1. The number of aromatic nitrogens is 1. The van der Waals surface area contributed by atoms with Crippen LogP contribution in [0.5, 0.6) is 0 Å². The zero-order valence-electron chi connectivity index (χ0n) is 20.3. The summed E-state index contributed by atoms with van der Waals surface area (Å²) in [6, 6.07) is 15.4. The molecule has 1 N–H and O–H groups in total. The Morgan fingerprint density at radius 3 is 2.41 bits per heavy atom. The van der Waals surface area contributed by atoms with Crippen molar-refractivity contribution >= 4 is 34.0 Å². The number of hydrogen-bond acceptors (Lipinski definition) is 2. The number of fused-ring (bicyclic) bond motifs is 4. The molecule has 34 heavy (non-hydrogen) atoms. The fraction of sp³-hybridized carbons (Fsp3) is 0.500. The monoisotopic (exact) mass is 476 g/mol. The highest BCUT2D eigenvalue weighted by atomic mass is 35.5. The third-order valence-electron chi connectivity index (χ3n) is 7.74. The summed E-state index contributed by atoms with van der Waals surface area (Å²) in [5.41, 5.74) is 9.28. The summed E-state index contributed by atoms with van der Waals surface area (Å²) < 4.78 is 2.63. The number of rotatable bonds is 0. The van der Waals surface area contributed by atoms with Gasteiger partial charge in [-0.05, 0) is 87.0 Å². The molecule has 0 saturated heterocycles. The van der Waals surface area contributed by atoms with Gasteiger partial charge in [0.15, 0.2) is 5.78 Å². The summed E-state index contributed by atoms with van der Waals surface area (Å²) in [5.74, 6) is 0.234. The van der Waals surface area contributed by atoms with Crippen LogP contribution < -0.4 is 5.32 Å². The Hall–Kier alpha value is -2.26. The van der Waals surface area contributed by atoms with E-state index in [0.29, 0.717) is 6.42 Å². The largest absolute Gasteiger partial charge is 0.385 e. The van der Waals surface area contributed by atoms with Crippen LogP contribution in [0.4, 0.5) is 5.69 Å². The van der Waals surface area contributed by atoms with Crippen LogP contribution >= 0.6 is 11.6 Å². The fourth-order valence-corrected chi connectivity index (χ4v) is 6.26. The molecular weight excluding hydrogens is 440 g/mol. The quantitative estimate of drug-likeness (QED) is 0.347. The van der Waals surface area contributed by atoms with Crippen molar-refractivity contribution in [3.8, 4) is 0 Å². The standard InChI is InChI=1S/C15H17N.C9H11N.C6H9ClO/c1-2-9-14-12(7-1)13-8-3-5-11-6-4-10-16(14)15(11)13;1-2-6-9-8(4-1)5-3-7-10-9;7-5-3-1-2-4-6(5)8/h3,5,8H,1-2,4,6-7,9-10H2;1-2,4,6,10H,3,5,7H2;5H,1-4H2. The third-order valence-corrected chi connectivity index (χ3v) is 8.20. The number of benzene rings is 2. The van der Waals surface area contributed by atoms with Crippen LogP contribution in [0.2, 0.25) is 0 Å². The summed E-state index contributed by atoms with van der Waals surface area (Å²) in [6.45, 7) is 2.39. The summed E-state index contributed by atoms with van der Waals surface area (Å²) in [7, 11) is 0. The molecule has 3 heterocycles. The molecule has 1 fully saturated rings. The van der Waals surface area contributed by atoms with Crippen molar-refractivity contribution < 1.29 is 4.79 Å². The Labute approximate surface area is 208 Å². The second-order valence-electron chi connectivity index (χ2n) is 10.1. The lowest BCUT2D eigenvalue weighted by atomic mass is 9.95. The van der Waals surface area contributed by atoms with Gasteiger partial charge >= 0.3 is 0 Å². The molecule has 0 spiro atoms. The van der Waals surface area contributed by atoms with Gasteiger partial charge in [-0.2, -0.15) is 0 Å². The van der Waals surface area contributed by atoms with E-state index in [4.69, 9.17) is 11.6 Å². The van der Waals surface area contributed by atoms with Crippen LogP contribution in [-0.2, 0) is 37.0 Å². The van der Waals surface area contributed by atoms with E-state index in [1.165, 1.54) is 69.2 Å². The molecule has 4 aliphatic rings. The minimum absolute atomic E-state index is 0.163. The lowest BCUT2D eigenvalue weighted by molar-refractivity contribution is -0.119. The number of Topliss-reactive ketones (excluding diaryl/α,β-unsaturated/α-hetero) is 1. The first-order valence-corrected chi connectivity index (χ1v) is 13.8. The number of halogens is 1. The second kappa shape index (κ2) is 11.0. The third kappa shape index (κ3) is 5.05. The SMILES string of the molecule is O=C1CCCCC1Cl.c1cc2c3c(c1)c1c(n3CCC2)CCCC1.c1ccc2c(c1)CCCN2. The predicted molar refractivity (Wildman–Crippen MR) is 143 cm³/mol. The van der Waals surface area contributed by atoms with Crippen molar-refractivity contribution in [3.63, 3.8) is 0 Å². The number of anilines is 1. The maximum Gasteiger partial charge on any atom is 0.150 e. The Bertz CT molecular complexity index is 1120. The molecule has 0 bridgehead atoms. The maximum absolute atomic E-state index is 10.7. The van der Waals surface area contributed by atoms with Gasteiger partial charge in [-0.15, -0.1) is 11.6 Å². The minimum Gasteiger partial charge on any atom is -0.385 e. The van der Waals surface area contributed by atoms with Crippen molar-refractivity contribution in [2.45, 2.75) is 89.0 Å². The van der Waals surface area contributed by atoms with Crippen LogP contribution in [0.25, 0.3) is 10.9 Å². The number of carbonyl (C=O) groups excluding carboxylic acids is 1. The van der Waals surface area contributed by atoms with E-state index >= 15 is 0 Å². The Kier molecular flexibility index (Phi) is 7.59. The van der Waals surface area contributed by atoms with E-state index in [0.717, 1.165) is 25.8 Å². The summed E-state index contributed by atoms with van der Waals surface area (Å²) in [5, 5.41) is 4.76. The van der Waals surface area contributed by atoms with Crippen molar-refractivity contribution in [2.24, 2.45) is 0 Å². The van der Waals surface area contributed by atoms with E-state index in [1.54, 1.807) is 27.7 Å². The van der Waals surface area contributed by atoms with E-state index in [9.17, 15) is 4.79 Å². The lowest BCUT2D eigenvalue weighted by Gasteiger charge is -2.19. The molecule has 7 rings (SSSR count). The van der Waals surface area contributed by atoms with Crippen molar-refractivity contribution in [1.82, 2.24) is 4.57 Å². The van der Waals surface area contributed by atoms with Gasteiger partial charge in [-0.25, -0.2) is 0 Å². The predicted octanol–water partition coefficient (Wildman–Crippen LogP) is 7.25. The molecule has 1 atom stereocenters. The number of hydrogen-bond donors (Lipinski definition) is 1. The van der Waals surface area contributed by atoms with Crippen LogP contribution in [0.3, 0.4) is 0 Å². The van der Waals surface area contributed by atoms with E-state index in [1.807, 2.05) is 0 Å². The number of carbonyl (C=O) groups is 1. The molecule has 2 aliphatic heterocycles. The first-order valence-electron chi connectivity index (χ1n) is 13.3. The number of ketones is 1. The van der Waals surface area contributed by atoms with Gasteiger partial charge in [0, 0.05) is 36.3 Å². The molecule has 180 valence electrons. The van der Waals surface area contributed by atoms with Crippen molar-refractivity contribution in [3.05, 3.63) is 64.8 Å². The van der Waals surface area contributed by atoms with Gasteiger partial charge in [-0.1, -0.05) is 42.8 Å². The average Bonchev–Trinajstić information content (AvgIpc) is 3.23. The number of aryl methyl sites for hydroxylation is 4. The highest BCUT2D eigenvalue weighted by molar-refractivity contribution is 6.31. The topological polar surface area (TPSA) is 34.0 Å². The van der Waals surface area contributed by atoms with E-state index in [2.05, 4.69) is 52.3 Å². The van der Waals surface area contributed by atoms with Crippen molar-refractivity contribution in [2.75, 3.05) is 11.9 Å². The zero-order chi connectivity index (χ0) is 23.3. The van der Waals surface area contributed by atoms with E-state index in [-0.39, 0.29) is 11.2 Å². The molecule has 4 heteroatoms. The number of nitrogens with zero attached hydrogens (tertiary/aromatic N) is 1. The first kappa shape index (κ1) is 23.5. The maximum atomic E-state index is 10.7. The summed E-state index contributed by atoms with van der Waals surface area (Å²) >= 11 is 5.62. The molecule has 0 amide bonds. The normalized spacial score (nSPS) is 20.6. The number of para-hydroxylation sites is 2. The molecule has 2 aliphatic carbocycles. The van der Waals surface area contributed by atoms with Gasteiger partial charge in [0.05, 0.1) is 10.9 Å². The second-order valence-corrected chi connectivity index (χ2v) is 10.6. The van der Waals surface area contributed by atoms with Gasteiger partial charge in [0.2, 0.25) is 0 Å². The van der Waals surface area contributed by atoms with Crippen LogP contribution in [0.15, 0.2) is 42.5 Å². The van der Waals surface area contributed by atoms with Crippen molar-refractivity contribution in [1.29, 1.82) is 0 Å². The smallest absolute Gasteiger partial charge is 0.150 e. The fourth-order valence-electron chi connectivity index (χ4n) is 6.00. The lowest BCUT2D eigenvalue weighted by Crippen LogP contribution is -2.18. The summed E-state index contributed by atoms with van der Waals surface area (Å²) in [6.07, 6.45) is 14.3. The van der Waals surface area contributed by atoms with Crippen LogP contribution in [0.1, 0.15) is 73.8 Å². The zero-order valence-corrected chi connectivity index (χ0v) is 21.0. The Morgan fingerprint density at radius 2 is 1.59 bits per heavy atom. The molecule has 1 saturated carbocycles. The number of alkyl halides is 1. The van der Waals surface area contributed by atoms with Gasteiger partial charge in [0.25, 0.3) is 0 Å². The average molecular weight is 477 g/mol.